The monoisotopic (exact) mass is 562 g/mol. The summed E-state index contributed by atoms with van der Waals surface area (Å²) in [6, 6.07) is 9.03. The highest BCUT2D eigenvalue weighted by molar-refractivity contribution is 14.0. The van der Waals surface area contributed by atoms with E-state index in [1.807, 2.05) is 20.0 Å². The summed E-state index contributed by atoms with van der Waals surface area (Å²) in [6.45, 7) is 5.07. The Morgan fingerprint density at radius 1 is 1.29 bits per heavy atom. The van der Waals surface area contributed by atoms with Gasteiger partial charge in [0.2, 0.25) is 0 Å². The van der Waals surface area contributed by atoms with Gasteiger partial charge in [-0.05, 0) is 62.9 Å². The quantitative estimate of drug-likeness (QED) is 0.288. The Kier molecular flexibility index (Phi) is 11.6. The van der Waals surface area contributed by atoms with Crippen LogP contribution in [0.3, 0.4) is 0 Å². The third-order valence-corrected chi connectivity index (χ3v) is 8.11. The van der Waals surface area contributed by atoms with Gasteiger partial charge in [0.1, 0.15) is 5.75 Å². The second kappa shape index (κ2) is 13.6. The van der Waals surface area contributed by atoms with E-state index < -0.39 is 10.8 Å². The number of likely N-dealkylation sites (tertiary alicyclic amines) is 1. The van der Waals surface area contributed by atoms with E-state index in [0.717, 1.165) is 62.8 Å². The molecule has 1 heterocycles. The minimum absolute atomic E-state index is 0. The van der Waals surface area contributed by atoms with E-state index in [-0.39, 0.29) is 30.0 Å². The van der Waals surface area contributed by atoms with Gasteiger partial charge in [-0.25, -0.2) is 0 Å². The number of guanidine groups is 1. The summed E-state index contributed by atoms with van der Waals surface area (Å²) in [5, 5.41) is 7.48. The third kappa shape index (κ3) is 7.60. The number of rotatable bonds is 8. The molecule has 1 aliphatic heterocycles. The summed E-state index contributed by atoms with van der Waals surface area (Å²) in [4.78, 5) is 7.03. The Labute approximate surface area is 207 Å². The molecule has 1 saturated heterocycles. The highest BCUT2D eigenvalue weighted by atomic mass is 127. The van der Waals surface area contributed by atoms with Gasteiger partial charge in [0, 0.05) is 41.4 Å². The second-order valence-corrected chi connectivity index (χ2v) is 10.3. The number of hydrogen-bond acceptors (Lipinski definition) is 4. The van der Waals surface area contributed by atoms with Crippen LogP contribution in [0.15, 0.2) is 29.3 Å². The molecule has 6 nitrogen and oxygen atoms in total. The molecule has 0 bridgehead atoms. The average molecular weight is 563 g/mol. The predicted octanol–water partition coefficient (Wildman–Crippen LogP) is 3.69. The van der Waals surface area contributed by atoms with Crippen LogP contribution < -0.4 is 15.4 Å². The number of hydrogen-bond donors (Lipinski definition) is 2. The van der Waals surface area contributed by atoms with Gasteiger partial charge < -0.3 is 15.4 Å². The van der Waals surface area contributed by atoms with Crippen LogP contribution in [-0.4, -0.2) is 65.9 Å². The first-order valence-corrected chi connectivity index (χ1v) is 12.7. The smallest absolute Gasteiger partial charge is 0.191 e. The molecule has 1 aromatic rings. The largest absolute Gasteiger partial charge is 0.497 e. The molecule has 8 heteroatoms. The van der Waals surface area contributed by atoms with Crippen molar-refractivity contribution in [2.24, 2.45) is 4.99 Å². The van der Waals surface area contributed by atoms with Crippen molar-refractivity contribution in [1.29, 1.82) is 0 Å². The summed E-state index contributed by atoms with van der Waals surface area (Å²) in [5.41, 5.74) is 1.27. The average Bonchev–Trinajstić information content (AvgIpc) is 3.32. The van der Waals surface area contributed by atoms with Gasteiger partial charge in [0.15, 0.2) is 5.96 Å². The second-order valence-electron chi connectivity index (χ2n) is 8.29. The van der Waals surface area contributed by atoms with Gasteiger partial charge >= 0.3 is 0 Å². The summed E-state index contributed by atoms with van der Waals surface area (Å²) in [7, 11) is 2.84. The van der Waals surface area contributed by atoms with Crippen molar-refractivity contribution < 1.29 is 8.95 Å². The van der Waals surface area contributed by atoms with E-state index in [9.17, 15) is 4.21 Å². The molecule has 0 spiro atoms. The molecular weight excluding hydrogens is 523 g/mol. The lowest BCUT2D eigenvalue weighted by molar-refractivity contribution is 0.244. The Morgan fingerprint density at radius 3 is 2.74 bits per heavy atom. The molecule has 0 radical (unpaired) electrons. The van der Waals surface area contributed by atoms with E-state index >= 15 is 0 Å². The number of methoxy groups -OCH3 is 1. The highest BCUT2D eigenvalue weighted by Crippen LogP contribution is 2.27. The van der Waals surface area contributed by atoms with Crippen molar-refractivity contribution in [3.8, 4) is 5.75 Å². The molecule has 2 aliphatic rings. The van der Waals surface area contributed by atoms with Gasteiger partial charge in [0.05, 0.1) is 13.2 Å². The highest BCUT2D eigenvalue weighted by Gasteiger charge is 2.27. The van der Waals surface area contributed by atoms with Crippen LogP contribution in [0, 0.1) is 0 Å². The van der Waals surface area contributed by atoms with Crippen molar-refractivity contribution >= 4 is 40.7 Å². The normalized spacial score (nSPS) is 24.2. The molecular formula is C23H39IN4O2S. The van der Waals surface area contributed by atoms with Crippen molar-refractivity contribution in [2.45, 2.75) is 62.8 Å². The van der Waals surface area contributed by atoms with Crippen LogP contribution in [0.2, 0.25) is 0 Å². The molecule has 4 atom stereocenters. The van der Waals surface area contributed by atoms with Crippen LogP contribution >= 0.6 is 24.0 Å². The van der Waals surface area contributed by atoms with E-state index in [1.165, 1.54) is 18.4 Å². The molecule has 2 fully saturated rings. The number of aliphatic imine (C=N–C) groups is 1. The molecule has 4 unspecified atom stereocenters. The van der Waals surface area contributed by atoms with Gasteiger partial charge in [-0.1, -0.05) is 25.5 Å². The molecule has 1 aliphatic carbocycles. The maximum Gasteiger partial charge on any atom is 0.191 e. The van der Waals surface area contributed by atoms with Crippen LogP contribution in [0.4, 0.5) is 0 Å². The first-order valence-electron chi connectivity index (χ1n) is 11.4. The summed E-state index contributed by atoms with van der Waals surface area (Å²) in [5.74, 6) is 2.49. The Hall–Kier alpha value is -0.870. The fraction of sp³-hybridized carbons (Fsp3) is 0.696. The molecule has 0 aromatic heterocycles. The first-order chi connectivity index (χ1) is 14.6. The lowest BCUT2D eigenvalue weighted by Gasteiger charge is -2.32. The topological polar surface area (TPSA) is 66.0 Å². The minimum Gasteiger partial charge on any atom is -0.497 e. The molecule has 3 rings (SSSR count). The van der Waals surface area contributed by atoms with E-state index in [0.29, 0.717) is 11.3 Å². The van der Waals surface area contributed by atoms with Gasteiger partial charge in [0.25, 0.3) is 0 Å². The van der Waals surface area contributed by atoms with E-state index in [2.05, 4.69) is 38.7 Å². The summed E-state index contributed by atoms with van der Waals surface area (Å²) < 4.78 is 17.7. The zero-order valence-corrected chi connectivity index (χ0v) is 22.3. The number of ether oxygens (including phenoxy) is 1. The Bertz CT molecular complexity index is 727. The standard InChI is InChI=1S/C23H38N4O2S.HI/c1-4-30(28)21-12-8-10-19(16-21)26-23(24-2)25-17-22(27-13-5-6-14-27)18-9-7-11-20(15-18)29-3;/h7,9,11,15,19,21-22H,4-6,8,10,12-14,16-17H2,1-3H3,(H2,24,25,26);1H. The maximum absolute atomic E-state index is 12.3. The van der Waals surface area contributed by atoms with Gasteiger partial charge in [-0.2, -0.15) is 0 Å². The van der Waals surface area contributed by atoms with Crippen LogP contribution in [-0.2, 0) is 10.8 Å². The van der Waals surface area contributed by atoms with Crippen molar-refractivity contribution in [2.75, 3.05) is 39.5 Å². The number of nitrogens with zero attached hydrogens (tertiary/aromatic N) is 2. The van der Waals surface area contributed by atoms with Crippen LogP contribution in [0.5, 0.6) is 5.75 Å². The molecule has 1 saturated carbocycles. The van der Waals surface area contributed by atoms with Gasteiger partial charge in [-0.15, -0.1) is 24.0 Å². The lowest BCUT2D eigenvalue weighted by atomic mass is 9.95. The third-order valence-electron chi connectivity index (χ3n) is 6.37. The van der Waals surface area contributed by atoms with Crippen molar-refractivity contribution in [3.05, 3.63) is 29.8 Å². The maximum atomic E-state index is 12.3. The zero-order valence-electron chi connectivity index (χ0n) is 19.1. The van der Waals surface area contributed by atoms with Crippen LogP contribution in [0.25, 0.3) is 0 Å². The van der Waals surface area contributed by atoms with Crippen molar-refractivity contribution in [1.82, 2.24) is 15.5 Å². The van der Waals surface area contributed by atoms with E-state index in [1.54, 1.807) is 7.11 Å². The molecule has 1 aromatic carbocycles. The Morgan fingerprint density at radius 2 is 2.06 bits per heavy atom. The fourth-order valence-corrected chi connectivity index (χ4v) is 6.04. The number of benzene rings is 1. The van der Waals surface area contributed by atoms with E-state index in [4.69, 9.17) is 4.74 Å². The number of halogens is 1. The van der Waals surface area contributed by atoms with Crippen molar-refractivity contribution in [3.63, 3.8) is 0 Å². The Balaban J connectivity index is 0.00000341. The predicted molar refractivity (Wildman–Crippen MR) is 141 cm³/mol. The molecule has 31 heavy (non-hydrogen) atoms. The SMILES string of the molecule is CCS(=O)C1CCCC(NC(=NC)NCC(c2cccc(OC)c2)N2CCCC2)C1.I. The number of nitrogens with one attached hydrogen (secondary N) is 2. The minimum atomic E-state index is -0.711. The summed E-state index contributed by atoms with van der Waals surface area (Å²) in [6.07, 6.45) is 6.80. The lowest BCUT2D eigenvalue weighted by Crippen LogP contribution is -2.48. The summed E-state index contributed by atoms with van der Waals surface area (Å²) >= 11 is 0. The van der Waals surface area contributed by atoms with Crippen LogP contribution in [0.1, 0.15) is 57.1 Å². The fourth-order valence-electron chi connectivity index (χ4n) is 4.69. The zero-order chi connectivity index (χ0) is 21.3. The molecule has 2 N–H and O–H groups in total. The first kappa shape index (κ1) is 26.4. The van der Waals surface area contributed by atoms with Gasteiger partial charge in [-0.3, -0.25) is 14.1 Å². The molecule has 176 valence electrons. The molecule has 0 amide bonds.